The molecule has 1 saturated heterocycles. The Morgan fingerprint density at radius 3 is 2.67 bits per heavy atom. The summed E-state index contributed by atoms with van der Waals surface area (Å²) in [5, 5.41) is 0. The SMILES string of the molecule is CC(C)c1ccc(N2CCC[C@@H]2C)cn1. The minimum atomic E-state index is 0.523. The van der Waals surface area contributed by atoms with E-state index in [2.05, 4.69) is 42.8 Å². The maximum Gasteiger partial charge on any atom is 0.0555 e. The molecule has 0 unspecified atom stereocenters. The molecule has 1 aromatic heterocycles. The van der Waals surface area contributed by atoms with Gasteiger partial charge in [-0.25, -0.2) is 0 Å². The predicted molar refractivity (Wildman–Crippen MR) is 64.4 cm³/mol. The smallest absolute Gasteiger partial charge is 0.0555 e. The van der Waals surface area contributed by atoms with E-state index in [0.717, 1.165) is 0 Å². The van der Waals surface area contributed by atoms with Gasteiger partial charge in [-0.1, -0.05) is 13.8 Å². The standard InChI is InChI=1S/C13H20N2/c1-10(2)13-7-6-12(9-14-13)15-8-4-5-11(15)3/h6-7,9-11H,4-5,8H2,1-3H3/t11-/m0/s1. The molecule has 15 heavy (non-hydrogen) atoms. The van der Waals surface area contributed by atoms with Crippen LogP contribution in [-0.2, 0) is 0 Å². The lowest BCUT2D eigenvalue weighted by Gasteiger charge is -2.23. The molecular formula is C13H20N2. The minimum Gasteiger partial charge on any atom is -0.368 e. The zero-order valence-electron chi connectivity index (χ0n) is 9.90. The Morgan fingerprint density at radius 2 is 2.20 bits per heavy atom. The van der Waals surface area contributed by atoms with Crippen molar-refractivity contribution in [3.8, 4) is 0 Å². The van der Waals surface area contributed by atoms with Crippen LogP contribution in [0, 0.1) is 0 Å². The van der Waals surface area contributed by atoms with Crippen molar-refractivity contribution in [3.63, 3.8) is 0 Å². The van der Waals surface area contributed by atoms with Gasteiger partial charge in [0.25, 0.3) is 0 Å². The van der Waals surface area contributed by atoms with Gasteiger partial charge in [0, 0.05) is 18.3 Å². The van der Waals surface area contributed by atoms with Gasteiger partial charge >= 0.3 is 0 Å². The van der Waals surface area contributed by atoms with E-state index in [4.69, 9.17) is 0 Å². The molecule has 1 aromatic rings. The minimum absolute atomic E-state index is 0.523. The molecule has 82 valence electrons. The highest BCUT2D eigenvalue weighted by atomic mass is 15.2. The van der Waals surface area contributed by atoms with Crippen LogP contribution in [0.3, 0.4) is 0 Å². The zero-order chi connectivity index (χ0) is 10.8. The van der Waals surface area contributed by atoms with E-state index in [1.165, 1.54) is 30.8 Å². The molecule has 0 aromatic carbocycles. The van der Waals surface area contributed by atoms with E-state index in [0.29, 0.717) is 12.0 Å². The summed E-state index contributed by atoms with van der Waals surface area (Å²) in [4.78, 5) is 6.97. The van der Waals surface area contributed by atoms with Crippen LogP contribution in [0.1, 0.15) is 45.2 Å². The molecule has 1 aliphatic heterocycles. The van der Waals surface area contributed by atoms with Gasteiger partial charge in [-0.15, -0.1) is 0 Å². The Balaban J connectivity index is 2.16. The number of hydrogen-bond acceptors (Lipinski definition) is 2. The first kappa shape index (κ1) is 10.5. The monoisotopic (exact) mass is 204 g/mol. The summed E-state index contributed by atoms with van der Waals surface area (Å²) >= 11 is 0. The van der Waals surface area contributed by atoms with Crippen LogP contribution < -0.4 is 4.90 Å². The van der Waals surface area contributed by atoms with Gasteiger partial charge in [0.05, 0.1) is 11.9 Å². The topological polar surface area (TPSA) is 16.1 Å². The van der Waals surface area contributed by atoms with Crippen LogP contribution in [0.25, 0.3) is 0 Å². The average molecular weight is 204 g/mol. The first-order valence-corrected chi connectivity index (χ1v) is 5.91. The zero-order valence-corrected chi connectivity index (χ0v) is 9.90. The number of aromatic nitrogens is 1. The van der Waals surface area contributed by atoms with Gasteiger partial charge in [0.2, 0.25) is 0 Å². The van der Waals surface area contributed by atoms with Gasteiger partial charge in [-0.3, -0.25) is 4.98 Å². The molecule has 0 spiro atoms. The summed E-state index contributed by atoms with van der Waals surface area (Å²) in [6.45, 7) is 7.84. The molecule has 0 aliphatic carbocycles. The quantitative estimate of drug-likeness (QED) is 0.735. The second-order valence-electron chi connectivity index (χ2n) is 4.78. The van der Waals surface area contributed by atoms with Gasteiger partial charge in [-0.2, -0.15) is 0 Å². The van der Waals surface area contributed by atoms with Crippen molar-refractivity contribution >= 4 is 5.69 Å². The third-order valence-corrected chi connectivity index (χ3v) is 3.25. The van der Waals surface area contributed by atoms with Crippen LogP contribution >= 0.6 is 0 Å². The van der Waals surface area contributed by atoms with Crippen molar-refractivity contribution in [3.05, 3.63) is 24.0 Å². The maximum absolute atomic E-state index is 4.52. The van der Waals surface area contributed by atoms with Crippen LogP contribution in [0.4, 0.5) is 5.69 Å². The number of anilines is 1. The maximum atomic E-state index is 4.52. The van der Waals surface area contributed by atoms with E-state index in [1.54, 1.807) is 0 Å². The Kier molecular flexibility index (Phi) is 2.94. The summed E-state index contributed by atoms with van der Waals surface area (Å²) in [6.07, 6.45) is 4.65. The predicted octanol–water partition coefficient (Wildman–Crippen LogP) is 3.19. The fourth-order valence-electron chi connectivity index (χ4n) is 2.23. The lowest BCUT2D eigenvalue weighted by atomic mass is 10.1. The van der Waals surface area contributed by atoms with Gasteiger partial charge < -0.3 is 4.90 Å². The molecule has 1 aliphatic rings. The van der Waals surface area contributed by atoms with Gasteiger partial charge in [-0.05, 0) is 37.8 Å². The molecular weight excluding hydrogens is 184 g/mol. The first-order chi connectivity index (χ1) is 7.18. The fraction of sp³-hybridized carbons (Fsp3) is 0.615. The van der Waals surface area contributed by atoms with E-state index in [1.807, 2.05) is 6.20 Å². The molecule has 0 amide bonds. The van der Waals surface area contributed by atoms with Crippen molar-refractivity contribution in [1.82, 2.24) is 4.98 Å². The van der Waals surface area contributed by atoms with Crippen LogP contribution in [-0.4, -0.2) is 17.6 Å². The van der Waals surface area contributed by atoms with E-state index in [-0.39, 0.29) is 0 Å². The van der Waals surface area contributed by atoms with Gasteiger partial charge in [0.15, 0.2) is 0 Å². The molecule has 2 heteroatoms. The summed E-state index contributed by atoms with van der Waals surface area (Å²) in [6, 6.07) is 5.05. The largest absolute Gasteiger partial charge is 0.368 e. The number of nitrogens with zero attached hydrogens (tertiary/aromatic N) is 2. The van der Waals surface area contributed by atoms with Gasteiger partial charge in [0.1, 0.15) is 0 Å². The van der Waals surface area contributed by atoms with Crippen LogP contribution in [0.5, 0.6) is 0 Å². The Bertz CT molecular complexity index is 316. The Labute approximate surface area is 92.3 Å². The van der Waals surface area contributed by atoms with E-state index in [9.17, 15) is 0 Å². The summed E-state index contributed by atoms with van der Waals surface area (Å²) < 4.78 is 0. The molecule has 1 fully saturated rings. The number of hydrogen-bond donors (Lipinski definition) is 0. The van der Waals surface area contributed by atoms with Crippen molar-refractivity contribution in [2.24, 2.45) is 0 Å². The van der Waals surface area contributed by atoms with Crippen molar-refractivity contribution in [2.75, 3.05) is 11.4 Å². The molecule has 2 heterocycles. The third-order valence-electron chi connectivity index (χ3n) is 3.25. The highest BCUT2D eigenvalue weighted by Crippen LogP contribution is 2.25. The lowest BCUT2D eigenvalue weighted by molar-refractivity contribution is 0.732. The van der Waals surface area contributed by atoms with Crippen molar-refractivity contribution in [1.29, 1.82) is 0 Å². The lowest BCUT2D eigenvalue weighted by Crippen LogP contribution is -2.26. The highest BCUT2D eigenvalue weighted by Gasteiger charge is 2.20. The number of pyridine rings is 1. The molecule has 2 nitrogen and oxygen atoms in total. The second-order valence-corrected chi connectivity index (χ2v) is 4.78. The molecule has 2 rings (SSSR count). The molecule has 0 radical (unpaired) electrons. The average Bonchev–Trinajstić information content (AvgIpc) is 2.65. The van der Waals surface area contributed by atoms with E-state index < -0.39 is 0 Å². The van der Waals surface area contributed by atoms with Crippen molar-refractivity contribution in [2.45, 2.75) is 45.6 Å². The molecule has 0 bridgehead atoms. The first-order valence-electron chi connectivity index (χ1n) is 5.91. The Morgan fingerprint density at radius 1 is 1.40 bits per heavy atom. The normalized spacial score (nSPS) is 21.3. The van der Waals surface area contributed by atoms with Crippen molar-refractivity contribution < 1.29 is 0 Å². The summed E-state index contributed by atoms with van der Waals surface area (Å²) in [5.74, 6) is 0.523. The Hall–Kier alpha value is -1.05. The second kappa shape index (κ2) is 4.21. The molecule has 0 N–H and O–H groups in total. The highest BCUT2D eigenvalue weighted by molar-refractivity contribution is 5.46. The van der Waals surface area contributed by atoms with Crippen LogP contribution in [0.2, 0.25) is 0 Å². The molecule has 1 atom stereocenters. The fourth-order valence-corrected chi connectivity index (χ4v) is 2.23. The summed E-state index contributed by atoms with van der Waals surface area (Å²) in [7, 11) is 0. The third kappa shape index (κ3) is 2.14. The molecule has 0 saturated carbocycles. The number of rotatable bonds is 2. The van der Waals surface area contributed by atoms with Crippen LogP contribution in [0.15, 0.2) is 18.3 Å². The van der Waals surface area contributed by atoms with E-state index >= 15 is 0 Å². The summed E-state index contributed by atoms with van der Waals surface area (Å²) in [5.41, 5.74) is 2.47.